The number of fused-ring (bicyclic) bond motifs is 1. The highest BCUT2D eigenvalue weighted by Crippen LogP contribution is 2.19. The second-order valence-corrected chi connectivity index (χ2v) is 6.74. The Morgan fingerprint density at radius 3 is 2.56 bits per heavy atom. The normalized spacial score (nSPS) is 15.4. The number of halogens is 2. The number of nitrogens with zero attached hydrogens (tertiary/aromatic N) is 2. The molecule has 2 N–H and O–H groups in total. The predicted molar refractivity (Wildman–Crippen MR) is 120 cm³/mol. The van der Waals surface area contributed by atoms with E-state index >= 15 is 0 Å². The van der Waals surface area contributed by atoms with Crippen LogP contribution in [0.1, 0.15) is 23.6 Å². The molecule has 2 aromatic rings. The quantitative estimate of drug-likeness (QED) is 0.389. The van der Waals surface area contributed by atoms with Gasteiger partial charge in [-0.3, -0.25) is 9.89 Å². The van der Waals surface area contributed by atoms with E-state index in [0.717, 1.165) is 26.1 Å². The van der Waals surface area contributed by atoms with Crippen LogP contribution < -0.4 is 10.6 Å². The van der Waals surface area contributed by atoms with E-state index in [4.69, 9.17) is 0 Å². The topological polar surface area (TPSA) is 39.7 Å². The van der Waals surface area contributed by atoms with E-state index in [9.17, 15) is 4.39 Å². The monoisotopic (exact) mass is 482 g/mol. The number of aliphatic imine (C=N–C) groups is 1. The SMILES string of the molecule is CN=C(NCc1ccccc1F)NCC(C)N1CCc2ccccc2C1.I. The molecule has 0 amide bonds. The van der Waals surface area contributed by atoms with Crippen LogP contribution in [-0.4, -0.2) is 37.0 Å². The van der Waals surface area contributed by atoms with E-state index in [1.165, 1.54) is 17.2 Å². The number of hydrogen-bond acceptors (Lipinski definition) is 2. The Bertz CT molecular complexity index is 765. The Balaban J connectivity index is 0.00000261. The molecule has 0 bridgehead atoms. The first kappa shape index (κ1) is 21.6. The summed E-state index contributed by atoms with van der Waals surface area (Å²) in [6.45, 7) is 5.49. The van der Waals surface area contributed by atoms with Crippen molar-refractivity contribution in [2.45, 2.75) is 32.5 Å². The number of hydrogen-bond donors (Lipinski definition) is 2. The molecule has 1 aliphatic rings. The molecular weight excluding hydrogens is 454 g/mol. The molecule has 0 saturated carbocycles. The predicted octanol–water partition coefficient (Wildman–Crippen LogP) is 3.56. The smallest absolute Gasteiger partial charge is 0.191 e. The highest BCUT2D eigenvalue weighted by molar-refractivity contribution is 14.0. The molecule has 1 aliphatic heterocycles. The van der Waals surface area contributed by atoms with Gasteiger partial charge in [0.25, 0.3) is 0 Å². The van der Waals surface area contributed by atoms with Crippen LogP contribution in [0, 0.1) is 5.82 Å². The van der Waals surface area contributed by atoms with Gasteiger partial charge in [-0.15, -0.1) is 24.0 Å². The maximum Gasteiger partial charge on any atom is 0.191 e. The summed E-state index contributed by atoms with van der Waals surface area (Å²) >= 11 is 0. The fourth-order valence-corrected chi connectivity index (χ4v) is 3.31. The maximum absolute atomic E-state index is 13.7. The van der Waals surface area contributed by atoms with E-state index in [0.29, 0.717) is 24.1 Å². The molecule has 146 valence electrons. The van der Waals surface area contributed by atoms with Crippen LogP contribution in [0.2, 0.25) is 0 Å². The Hall–Kier alpha value is -1.67. The van der Waals surface area contributed by atoms with Crippen LogP contribution in [0.5, 0.6) is 0 Å². The number of guanidine groups is 1. The van der Waals surface area contributed by atoms with Crippen LogP contribution in [-0.2, 0) is 19.5 Å². The number of rotatable bonds is 5. The Morgan fingerprint density at radius 2 is 1.81 bits per heavy atom. The molecule has 1 unspecified atom stereocenters. The summed E-state index contributed by atoms with van der Waals surface area (Å²) in [4.78, 5) is 6.72. The van der Waals surface area contributed by atoms with E-state index < -0.39 is 0 Å². The number of benzene rings is 2. The summed E-state index contributed by atoms with van der Waals surface area (Å²) < 4.78 is 13.7. The molecule has 0 aliphatic carbocycles. The first-order valence-corrected chi connectivity index (χ1v) is 9.16. The van der Waals surface area contributed by atoms with Gasteiger partial charge in [-0.25, -0.2) is 4.39 Å². The van der Waals surface area contributed by atoms with Gasteiger partial charge in [0.2, 0.25) is 0 Å². The average Bonchev–Trinajstić information content (AvgIpc) is 2.68. The zero-order valence-electron chi connectivity index (χ0n) is 15.9. The van der Waals surface area contributed by atoms with E-state index in [2.05, 4.69) is 51.7 Å². The van der Waals surface area contributed by atoms with Gasteiger partial charge in [-0.05, 0) is 30.5 Å². The molecule has 0 radical (unpaired) electrons. The molecule has 3 rings (SSSR count). The molecular formula is C21H28FIN4. The van der Waals surface area contributed by atoms with Gasteiger partial charge in [0.15, 0.2) is 5.96 Å². The second kappa shape index (κ2) is 10.6. The third-order valence-corrected chi connectivity index (χ3v) is 4.98. The Labute approximate surface area is 178 Å². The van der Waals surface area contributed by atoms with Gasteiger partial charge in [0.1, 0.15) is 5.82 Å². The first-order chi connectivity index (χ1) is 12.7. The van der Waals surface area contributed by atoms with Gasteiger partial charge in [-0.2, -0.15) is 0 Å². The Morgan fingerprint density at radius 1 is 1.11 bits per heavy atom. The minimum absolute atomic E-state index is 0. The molecule has 27 heavy (non-hydrogen) atoms. The third-order valence-electron chi connectivity index (χ3n) is 4.98. The second-order valence-electron chi connectivity index (χ2n) is 6.74. The lowest BCUT2D eigenvalue weighted by Gasteiger charge is -2.34. The summed E-state index contributed by atoms with van der Waals surface area (Å²) in [5, 5.41) is 6.54. The van der Waals surface area contributed by atoms with Crippen molar-refractivity contribution in [2.75, 3.05) is 20.1 Å². The van der Waals surface area contributed by atoms with Crippen molar-refractivity contribution in [1.29, 1.82) is 0 Å². The summed E-state index contributed by atoms with van der Waals surface area (Å²) in [5.74, 6) is 0.494. The van der Waals surface area contributed by atoms with Crippen LogP contribution in [0.15, 0.2) is 53.5 Å². The zero-order chi connectivity index (χ0) is 18.4. The maximum atomic E-state index is 13.7. The minimum Gasteiger partial charge on any atom is -0.355 e. The van der Waals surface area contributed by atoms with Crippen molar-refractivity contribution >= 4 is 29.9 Å². The molecule has 4 nitrogen and oxygen atoms in total. The average molecular weight is 482 g/mol. The molecule has 0 fully saturated rings. The molecule has 1 heterocycles. The van der Waals surface area contributed by atoms with Crippen LogP contribution in [0.3, 0.4) is 0 Å². The first-order valence-electron chi connectivity index (χ1n) is 9.16. The standard InChI is InChI=1S/C21H27FN4.HI/c1-16(26-12-11-17-7-3-4-9-19(17)15-26)13-24-21(23-2)25-14-18-8-5-6-10-20(18)22;/h3-10,16H,11-15H2,1-2H3,(H2,23,24,25);1H. The van der Waals surface area contributed by atoms with Crippen molar-refractivity contribution in [3.63, 3.8) is 0 Å². The molecule has 1 atom stereocenters. The van der Waals surface area contributed by atoms with Crippen molar-refractivity contribution < 1.29 is 4.39 Å². The lowest BCUT2D eigenvalue weighted by Crippen LogP contribution is -2.47. The lowest BCUT2D eigenvalue weighted by molar-refractivity contribution is 0.191. The molecule has 6 heteroatoms. The van der Waals surface area contributed by atoms with Gasteiger partial charge in [0, 0.05) is 44.8 Å². The van der Waals surface area contributed by atoms with Crippen molar-refractivity contribution in [3.8, 4) is 0 Å². The summed E-state index contributed by atoms with van der Waals surface area (Å²) in [7, 11) is 1.73. The van der Waals surface area contributed by atoms with Crippen LogP contribution in [0.25, 0.3) is 0 Å². The van der Waals surface area contributed by atoms with Gasteiger partial charge >= 0.3 is 0 Å². The fourth-order valence-electron chi connectivity index (χ4n) is 3.31. The van der Waals surface area contributed by atoms with Crippen molar-refractivity contribution in [3.05, 3.63) is 71.0 Å². The molecule has 0 saturated heterocycles. The van der Waals surface area contributed by atoms with Crippen molar-refractivity contribution in [2.24, 2.45) is 4.99 Å². The van der Waals surface area contributed by atoms with Crippen LogP contribution in [0.4, 0.5) is 4.39 Å². The third kappa shape index (κ3) is 5.90. The van der Waals surface area contributed by atoms with Crippen LogP contribution >= 0.6 is 24.0 Å². The summed E-state index contributed by atoms with van der Waals surface area (Å²) in [6, 6.07) is 15.9. The Kier molecular flexibility index (Phi) is 8.50. The summed E-state index contributed by atoms with van der Waals surface area (Å²) in [5.41, 5.74) is 3.52. The zero-order valence-corrected chi connectivity index (χ0v) is 18.2. The van der Waals surface area contributed by atoms with E-state index in [-0.39, 0.29) is 29.8 Å². The highest BCUT2D eigenvalue weighted by Gasteiger charge is 2.20. The number of nitrogens with one attached hydrogen (secondary N) is 2. The van der Waals surface area contributed by atoms with Gasteiger partial charge < -0.3 is 10.6 Å². The largest absolute Gasteiger partial charge is 0.355 e. The molecule has 2 aromatic carbocycles. The van der Waals surface area contributed by atoms with Crippen molar-refractivity contribution in [1.82, 2.24) is 15.5 Å². The highest BCUT2D eigenvalue weighted by atomic mass is 127. The molecule has 0 aromatic heterocycles. The molecule has 0 spiro atoms. The summed E-state index contributed by atoms with van der Waals surface area (Å²) in [6.07, 6.45) is 1.10. The van der Waals surface area contributed by atoms with E-state index in [1.807, 2.05) is 6.07 Å². The van der Waals surface area contributed by atoms with Gasteiger partial charge in [-0.1, -0.05) is 42.5 Å². The minimum atomic E-state index is -0.198. The van der Waals surface area contributed by atoms with E-state index in [1.54, 1.807) is 19.2 Å². The fraction of sp³-hybridized carbons (Fsp3) is 0.381. The lowest BCUT2D eigenvalue weighted by atomic mass is 9.99. The van der Waals surface area contributed by atoms with Gasteiger partial charge in [0.05, 0.1) is 0 Å².